The number of amides is 2. The van der Waals surface area contributed by atoms with E-state index < -0.39 is 21.2 Å². The molecule has 2 fully saturated rings. The SMILES string of the molecule is C[C@@H]1[C@@H](C)CCC[C@@H](C(=O)N2CCC2)[C@@H]2CC[C@H]2CN2CCCCc3cc(Cl)ccc3COc3ccc(cc32)C(=O)NS1(=O)=O. The van der Waals surface area contributed by atoms with Gasteiger partial charge in [-0.25, -0.2) is 13.1 Å². The molecular weight excluding hydrogens is 610 g/mol. The number of likely N-dealkylation sites (tertiary alicyclic amines) is 1. The number of aryl methyl sites for hydroxylation is 1. The second kappa shape index (κ2) is 13.5. The van der Waals surface area contributed by atoms with Gasteiger partial charge in [0.05, 0.1) is 10.9 Å². The van der Waals surface area contributed by atoms with Crippen molar-refractivity contribution in [2.75, 3.05) is 31.1 Å². The van der Waals surface area contributed by atoms with Crippen molar-refractivity contribution in [2.24, 2.45) is 23.7 Å². The maximum atomic E-state index is 13.7. The number of carbonyl (C=O) groups excluding carboxylic acids is 2. The predicted molar refractivity (Wildman–Crippen MR) is 177 cm³/mol. The van der Waals surface area contributed by atoms with Crippen molar-refractivity contribution >= 4 is 39.1 Å². The Morgan fingerprint density at radius 2 is 1.76 bits per heavy atom. The van der Waals surface area contributed by atoms with Gasteiger partial charge in [0, 0.05) is 42.7 Å². The van der Waals surface area contributed by atoms with Gasteiger partial charge in [-0.15, -0.1) is 0 Å². The average molecular weight is 656 g/mol. The van der Waals surface area contributed by atoms with E-state index in [9.17, 15) is 18.0 Å². The molecule has 2 aromatic carbocycles. The zero-order valence-corrected chi connectivity index (χ0v) is 28.0. The number of benzene rings is 2. The van der Waals surface area contributed by atoms with Crippen LogP contribution in [0.15, 0.2) is 36.4 Å². The molecule has 5 atom stereocenters. The first-order chi connectivity index (χ1) is 21.6. The highest BCUT2D eigenvalue weighted by Crippen LogP contribution is 2.45. The van der Waals surface area contributed by atoms with E-state index >= 15 is 0 Å². The number of halogens is 1. The van der Waals surface area contributed by atoms with Crippen LogP contribution in [0.25, 0.3) is 0 Å². The Bertz CT molecular complexity index is 1530. The van der Waals surface area contributed by atoms with Gasteiger partial charge in [-0.3, -0.25) is 9.59 Å². The normalized spacial score (nSPS) is 29.0. The smallest absolute Gasteiger partial charge is 0.264 e. The van der Waals surface area contributed by atoms with E-state index in [4.69, 9.17) is 16.3 Å². The molecule has 0 aromatic heterocycles. The summed E-state index contributed by atoms with van der Waals surface area (Å²) in [5.74, 6) is 0.760. The minimum atomic E-state index is -3.91. The summed E-state index contributed by atoms with van der Waals surface area (Å²) >= 11 is 6.34. The Morgan fingerprint density at radius 3 is 2.49 bits per heavy atom. The minimum Gasteiger partial charge on any atom is -0.487 e. The van der Waals surface area contributed by atoms with Gasteiger partial charge in [-0.1, -0.05) is 31.0 Å². The highest BCUT2D eigenvalue weighted by molar-refractivity contribution is 7.90. The minimum absolute atomic E-state index is 0.0407. The van der Waals surface area contributed by atoms with Crippen molar-refractivity contribution in [1.29, 1.82) is 0 Å². The molecule has 2 bridgehead atoms. The number of fused-ring (bicyclic) bond motifs is 3. The monoisotopic (exact) mass is 655 g/mol. The molecule has 8 nitrogen and oxygen atoms in total. The Labute approximate surface area is 272 Å². The summed E-state index contributed by atoms with van der Waals surface area (Å²) in [5, 5.41) is -0.0358. The second-order valence-corrected chi connectivity index (χ2v) is 16.1. The summed E-state index contributed by atoms with van der Waals surface area (Å²) in [6.45, 7) is 7.16. The van der Waals surface area contributed by atoms with Crippen LogP contribution >= 0.6 is 11.6 Å². The molecule has 1 saturated carbocycles. The summed E-state index contributed by atoms with van der Waals surface area (Å²) < 4.78 is 35.5. The summed E-state index contributed by atoms with van der Waals surface area (Å²) in [4.78, 5) is 31.5. The fourth-order valence-corrected chi connectivity index (χ4v) is 8.99. The van der Waals surface area contributed by atoms with Crippen LogP contribution in [0.5, 0.6) is 5.75 Å². The molecule has 1 saturated heterocycles. The number of rotatable bonds is 1. The second-order valence-electron chi connectivity index (χ2n) is 13.7. The first kappa shape index (κ1) is 32.2. The predicted octanol–water partition coefficient (Wildman–Crippen LogP) is 6.20. The van der Waals surface area contributed by atoms with Crippen LogP contribution in [0.2, 0.25) is 5.02 Å². The van der Waals surface area contributed by atoms with E-state index in [-0.39, 0.29) is 23.3 Å². The van der Waals surface area contributed by atoms with Crippen molar-refractivity contribution in [1.82, 2.24) is 9.62 Å². The van der Waals surface area contributed by atoms with E-state index in [0.29, 0.717) is 35.6 Å². The van der Waals surface area contributed by atoms with Crippen molar-refractivity contribution in [3.63, 3.8) is 0 Å². The molecular formula is C35H46ClN3O5S. The summed E-state index contributed by atoms with van der Waals surface area (Å²) in [6.07, 6.45) is 8.20. The first-order valence-corrected chi connectivity index (χ1v) is 18.7. The summed E-state index contributed by atoms with van der Waals surface area (Å²) in [5.41, 5.74) is 3.34. The Kier molecular flexibility index (Phi) is 9.67. The third-order valence-corrected chi connectivity index (χ3v) is 13.0. The van der Waals surface area contributed by atoms with Crippen LogP contribution in [0.3, 0.4) is 0 Å². The lowest BCUT2D eigenvalue weighted by molar-refractivity contribution is -0.144. The molecule has 2 amide bonds. The fourth-order valence-electron chi connectivity index (χ4n) is 7.49. The Hall–Kier alpha value is -2.78. The van der Waals surface area contributed by atoms with Crippen molar-refractivity contribution in [3.05, 3.63) is 58.1 Å². The number of ether oxygens (including phenoxy) is 1. The van der Waals surface area contributed by atoms with Crippen LogP contribution in [-0.4, -0.2) is 56.6 Å². The standard InChI is InChI=1S/C35H46ClN3O5S/c1-23-7-5-9-31(35(41)38-17-6-18-38)30-14-11-27(30)21-39-16-4-3-8-25-19-29(36)13-10-28(25)22-44-33-15-12-26(20-32(33)39)34(40)37-45(42,43)24(23)2/h10,12-13,15,19-20,23-24,27,30-31H,3-9,11,14,16-18,21-22H2,1-2H3,(H,37,40)/t23-,24+,27-,30+,31+/m0/s1. The number of sulfonamides is 1. The molecule has 244 valence electrons. The van der Waals surface area contributed by atoms with Crippen LogP contribution in [0.1, 0.15) is 86.7 Å². The molecule has 0 spiro atoms. The van der Waals surface area contributed by atoms with Gasteiger partial charge in [0.2, 0.25) is 15.9 Å². The third kappa shape index (κ3) is 6.99. The van der Waals surface area contributed by atoms with Gasteiger partial charge < -0.3 is 14.5 Å². The molecule has 6 rings (SSSR count). The van der Waals surface area contributed by atoms with Crippen molar-refractivity contribution in [2.45, 2.75) is 83.5 Å². The van der Waals surface area contributed by atoms with Gasteiger partial charge >= 0.3 is 0 Å². The maximum Gasteiger partial charge on any atom is 0.264 e. The van der Waals surface area contributed by atoms with Gasteiger partial charge in [-0.05, 0) is 118 Å². The van der Waals surface area contributed by atoms with E-state index in [1.54, 1.807) is 25.1 Å². The molecule has 3 heterocycles. The summed E-state index contributed by atoms with van der Waals surface area (Å²) in [6, 6.07) is 11.1. The number of anilines is 1. The molecule has 45 heavy (non-hydrogen) atoms. The number of carbonyl (C=O) groups is 2. The lowest BCUT2D eigenvalue weighted by atomic mass is 9.65. The average Bonchev–Trinajstić information content (AvgIpc) is 2.99. The van der Waals surface area contributed by atoms with Crippen LogP contribution in [-0.2, 0) is 27.8 Å². The molecule has 1 N–H and O–H groups in total. The highest BCUT2D eigenvalue weighted by Gasteiger charge is 2.43. The lowest BCUT2D eigenvalue weighted by Crippen LogP contribution is -2.51. The van der Waals surface area contributed by atoms with Gasteiger partial charge in [0.15, 0.2) is 0 Å². The Balaban J connectivity index is 1.37. The van der Waals surface area contributed by atoms with Crippen LogP contribution in [0.4, 0.5) is 5.69 Å². The van der Waals surface area contributed by atoms with Crippen molar-refractivity contribution in [3.8, 4) is 5.75 Å². The number of hydrogen-bond acceptors (Lipinski definition) is 6. The van der Waals surface area contributed by atoms with Crippen LogP contribution in [0, 0.1) is 23.7 Å². The molecule has 0 radical (unpaired) electrons. The van der Waals surface area contributed by atoms with Gasteiger partial charge in [0.1, 0.15) is 12.4 Å². The molecule has 2 aromatic rings. The zero-order chi connectivity index (χ0) is 31.7. The molecule has 4 aliphatic rings. The fraction of sp³-hybridized carbons (Fsp3) is 0.600. The number of nitrogens with one attached hydrogen (secondary N) is 1. The topological polar surface area (TPSA) is 96.0 Å². The quantitative estimate of drug-likeness (QED) is 0.393. The molecule has 3 aliphatic heterocycles. The summed E-state index contributed by atoms with van der Waals surface area (Å²) in [7, 11) is -3.91. The van der Waals surface area contributed by atoms with E-state index in [1.165, 1.54) is 5.56 Å². The molecule has 0 unspecified atom stereocenters. The number of nitrogens with zero attached hydrogens (tertiary/aromatic N) is 2. The lowest BCUT2D eigenvalue weighted by Gasteiger charge is -2.46. The van der Waals surface area contributed by atoms with Crippen LogP contribution < -0.4 is 14.4 Å². The largest absolute Gasteiger partial charge is 0.487 e. The maximum absolute atomic E-state index is 13.7. The molecule has 10 heteroatoms. The molecule has 1 aliphatic carbocycles. The van der Waals surface area contributed by atoms with Crippen molar-refractivity contribution < 1.29 is 22.7 Å². The van der Waals surface area contributed by atoms with E-state index in [1.807, 2.05) is 30.0 Å². The van der Waals surface area contributed by atoms with E-state index in [2.05, 4.69) is 9.62 Å². The number of hydrogen-bond donors (Lipinski definition) is 1. The first-order valence-electron chi connectivity index (χ1n) is 16.7. The Morgan fingerprint density at radius 1 is 0.933 bits per heavy atom. The van der Waals surface area contributed by atoms with Gasteiger partial charge in [0.25, 0.3) is 5.91 Å². The third-order valence-electron chi connectivity index (χ3n) is 10.9. The van der Waals surface area contributed by atoms with Gasteiger partial charge in [-0.2, -0.15) is 0 Å². The zero-order valence-electron chi connectivity index (χ0n) is 26.5. The highest BCUT2D eigenvalue weighted by atomic mass is 35.5. The van der Waals surface area contributed by atoms with E-state index in [0.717, 1.165) is 88.8 Å².